The van der Waals surface area contributed by atoms with E-state index in [-0.39, 0.29) is 0 Å². The van der Waals surface area contributed by atoms with Gasteiger partial charge in [-0.2, -0.15) is 0 Å². The molecule has 0 saturated heterocycles. The monoisotopic (exact) mass is 410 g/mol. The van der Waals surface area contributed by atoms with Gasteiger partial charge in [0.05, 0.1) is 6.10 Å². The molecular formula is C27H38OS. The van der Waals surface area contributed by atoms with Crippen LogP contribution >= 0.6 is 11.8 Å². The molecule has 2 heteroatoms. The maximum Gasteiger partial charge on any atom is 0.0851 e. The van der Waals surface area contributed by atoms with Crippen molar-refractivity contribution in [3.05, 3.63) is 77.2 Å². The fourth-order valence-electron chi connectivity index (χ4n) is 3.48. The van der Waals surface area contributed by atoms with Crippen LogP contribution in [0.25, 0.3) is 0 Å². The van der Waals surface area contributed by atoms with Crippen LogP contribution in [0.15, 0.2) is 76.5 Å². The van der Waals surface area contributed by atoms with E-state index in [2.05, 4.69) is 61.5 Å². The molecular weight excluding hydrogens is 372 g/mol. The van der Waals surface area contributed by atoms with Gasteiger partial charge in [0.25, 0.3) is 0 Å². The Labute approximate surface area is 182 Å². The van der Waals surface area contributed by atoms with E-state index in [0.29, 0.717) is 0 Å². The topological polar surface area (TPSA) is 20.2 Å². The lowest BCUT2D eigenvalue weighted by atomic mass is 10.1. The number of benzene rings is 2. The molecule has 0 spiro atoms. The summed E-state index contributed by atoms with van der Waals surface area (Å²) < 4.78 is 0. The predicted octanol–water partition coefficient (Wildman–Crippen LogP) is 8.19. The Balaban J connectivity index is 1.81. The van der Waals surface area contributed by atoms with Crippen LogP contribution in [0.1, 0.15) is 76.7 Å². The number of aliphatic hydroxyl groups excluding tert-OH is 1. The molecule has 0 bridgehead atoms. The molecule has 29 heavy (non-hydrogen) atoms. The first-order valence-corrected chi connectivity index (χ1v) is 12.3. The smallest absolute Gasteiger partial charge is 0.0851 e. The molecule has 2 aromatic carbocycles. The van der Waals surface area contributed by atoms with Crippen LogP contribution < -0.4 is 0 Å². The van der Waals surface area contributed by atoms with Gasteiger partial charge in [-0.05, 0) is 43.4 Å². The van der Waals surface area contributed by atoms with Gasteiger partial charge in [0.15, 0.2) is 0 Å². The Morgan fingerprint density at radius 1 is 0.828 bits per heavy atom. The van der Waals surface area contributed by atoms with E-state index in [9.17, 15) is 5.11 Å². The number of unbranched alkanes of at least 4 members (excludes halogenated alkanes) is 8. The molecule has 0 aromatic heterocycles. The SMILES string of the molecule is CCCCCCCCCCC=C(Sc1ccccc1)C(O)CCc1ccccc1. The van der Waals surface area contributed by atoms with E-state index < -0.39 is 6.10 Å². The first kappa shape index (κ1) is 23.8. The predicted molar refractivity (Wildman–Crippen MR) is 128 cm³/mol. The Bertz CT molecular complexity index is 665. The molecule has 0 amide bonds. The molecule has 1 nitrogen and oxygen atoms in total. The number of aryl methyl sites for hydroxylation is 1. The Kier molecular flexibility index (Phi) is 12.6. The Morgan fingerprint density at radius 2 is 1.41 bits per heavy atom. The zero-order chi connectivity index (χ0) is 20.6. The molecule has 0 aliphatic heterocycles. The summed E-state index contributed by atoms with van der Waals surface area (Å²) in [6.07, 6.45) is 15.3. The van der Waals surface area contributed by atoms with Crippen molar-refractivity contribution in [2.75, 3.05) is 0 Å². The van der Waals surface area contributed by atoms with Crippen molar-refractivity contribution < 1.29 is 5.11 Å². The van der Waals surface area contributed by atoms with Gasteiger partial charge >= 0.3 is 0 Å². The van der Waals surface area contributed by atoms with Gasteiger partial charge in [-0.1, -0.05) is 118 Å². The highest BCUT2D eigenvalue weighted by atomic mass is 32.2. The molecule has 0 fully saturated rings. The van der Waals surface area contributed by atoms with E-state index in [1.807, 2.05) is 12.1 Å². The maximum absolute atomic E-state index is 10.9. The van der Waals surface area contributed by atoms with Gasteiger partial charge in [-0.25, -0.2) is 0 Å². The quantitative estimate of drug-likeness (QED) is 0.236. The summed E-state index contributed by atoms with van der Waals surface area (Å²) in [4.78, 5) is 2.31. The van der Waals surface area contributed by atoms with Gasteiger partial charge in [0, 0.05) is 9.80 Å². The zero-order valence-electron chi connectivity index (χ0n) is 18.1. The number of hydrogen-bond donors (Lipinski definition) is 1. The third kappa shape index (κ3) is 10.7. The molecule has 2 aromatic rings. The number of hydrogen-bond acceptors (Lipinski definition) is 2. The van der Waals surface area contributed by atoms with Crippen molar-refractivity contribution in [2.45, 2.75) is 88.6 Å². The molecule has 158 valence electrons. The highest BCUT2D eigenvalue weighted by molar-refractivity contribution is 8.03. The number of thioether (sulfide) groups is 1. The van der Waals surface area contributed by atoms with Crippen LogP contribution in [-0.2, 0) is 6.42 Å². The fraction of sp³-hybridized carbons (Fsp3) is 0.481. The van der Waals surface area contributed by atoms with Crippen LogP contribution in [-0.4, -0.2) is 11.2 Å². The lowest BCUT2D eigenvalue weighted by Gasteiger charge is -2.15. The molecule has 1 N–H and O–H groups in total. The molecule has 0 saturated carbocycles. The Morgan fingerprint density at radius 3 is 2.07 bits per heavy atom. The first-order valence-electron chi connectivity index (χ1n) is 11.4. The fourth-order valence-corrected chi connectivity index (χ4v) is 4.50. The molecule has 0 aliphatic carbocycles. The molecule has 0 aliphatic rings. The minimum atomic E-state index is -0.394. The lowest BCUT2D eigenvalue weighted by molar-refractivity contribution is 0.209. The van der Waals surface area contributed by atoms with Crippen LogP contribution in [0.2, 0.25) is 0 Å². The highest BCUT2D eigenvalue weighted by Gasteiger charge is 2.12. The second kappa shape index (κ2) is 15.3. The average molecular weight is 411 g/mol. The maximum atomic E-state index is 10.9. The van der Waals surface area contributed by atoms with Crippen molar-refractivity contribution in [1.29, 1.82) is 0 Å². The largest absolute Gasteiger partial charge is 0.388 e. The van der Waals surface area contributed by atoms with Crippen molar-refractivity contribution >= 4 is 11.8 Å². The van der Waals surface area contributed by atoms with Gasteiger partial charge in [-0.3, -0.25) is 0 Å². The second-order valence-electron chi connectivity index (χ2n) is 7.83. The number of rotatable bonds is 15. The third-order valence-electron chi connectivity index (χ3n) is 5.26. The van der Waals surface area contributed by atoms with Crippen LogP contribution in [0.3, 0.4) is 0 Å². The van der Waals surface area contributed by atoms with E-state index in [0.717, 1.165) is 24.2 Å². The van der Waals surface area contributed by atoms with E-state index in [1.165, 1.54) is 61.8 Å². The number of aliphatic hydroxyl groups is 1. The first-order chi connectivity index (χ1) is 14.3. The van der Waals surface area contributed by atoms with Crippen molar-refractivity contribution in [1.82, 2.24) is 0 Å². The summed E-state index contributed by atoms with van der Waals surface area (Å²) in [6, 6.07) is 20.9. The van der Waals surface area contributed by atoms with Crippen LogP contribution in [0.4, 0.5) is 0 Å². The van der Waals surface area contributed by atoms with E-state index in [4.69, 9.17) is 0 Å². The van der Waals surface area contributed by atoms with Crippen LogP contribution in [0.5, 0.6) is 0 Å². The zero-order valence-corrected chi connectivity index (χ0v) is 18.9. The van der Waals surface area contributed by atoms with Crippen LogP contribution in [0, 0.1) is 0 Å². The van der Waals surface area contributed by atoms with Gasteiger partial charge in [0.2, 0.25) is 0 Å². The van der Waals surface area contributed by atoms with Gasteiger partial charge in [-0.15, -0.1) is 0 Å². The number of allylic oxidation sites excluding steroid dienone is 1. The summed E-state index contributed by atoms with van der Waals surface area (Å²) in [5, 5.41) is 10.9. The molecule has 2 rings (SSSR count). The van der Waals surface area contributed by atoms with Gasteiger partial charge < -0.3 is 5.11 Å². The van der Waals surface area contributed by atoms with Crippen molar-refractivity contribution in [3.63, 3.8) is 0 Å². The van der Waals surface area contributed by atoms with E-state index >= 15 is 0 Å². The summed E-state index contributed by atoms with van der Waals surface area (Å²) in [5.41, 5.74) is 1.29. The highest BCUT2D eigenvalue weighted by Crippen LogP contribution is 2.31. The standard InChI is InChI=1S/C27H38OS/c1-2-3-4-5-6-7-8-9-16-21-27(29-25-19-14-11-15-20-25)26(28)23-22-24-17-12-10-13-18-24/h10-15,17-21,26,28H,2-9,16,22-23H2,1H3. The lowest BCUT2D eigenvalue weighted by Crippen LogP contribution is -2.10. The molecule has 1 unspecified atom stereocenters. The Hall–Kier alpha value is -1.51. The summed E-state index contributed by atoms with van der Waals surface area (Å²) >= 11 is 1.72. The minimum absolute atomic E-state index is 0.394. The summed E-state index contributed by atoms with van der Waals surface area (Å²) in [6.45, 7) is 2.27. The van der Waals surface area contributed by atoms with Gasteiger partial charge in [0.1, 0.15) is 0 Å². The molecule has 0 heterocycles. The third-order valence-corrected chi connectivity index (χ3v) is 6.44. The summed E-state index contributed by atoms with van der Waals surface area (Å²) in [7, 11) is 0. The van der Waals surface area contributed by atoms with E-state index in [1.54, 1.807) is 11.8 Å². The summed E-state index contributed by atoms with van der Waals surface area (Å²) in [5.74, 6) is 0. The molecule has 0 radical (unpaired) electrons. The average Bonchev–Trinajstić information content (AvgIpc) is 2.77. The normalized spacial score (nSPS) is 12.8. The minimum Gasteiger partial charge on any atom is -0.388 e. The van der Waals surface area contributed by atoms with Crippen molar-refractivity contribution in [3.8, 4) is 0 Å². The second-order valence-corrected chi connectivity index (χ2v) is 8.97. The van der Waals surface area contributed by atoms with Crippen molar-refractivity contribution in [2.24, 2.45) is 0 Å². The molecule has 1 atom stereocenters.